The van der Waals surface area contributed by atoms with Gasteiger partial charge in [0, 0.05) is 12.7 Å². The minimum atomic E-state index is 0.0187. The van der Waals surface area contributed by atoms with Crippen LogP contribution in [-0.4, -0.2) is 7.11 Å². The monoisotopic (exact) mass is 164 g/mol. The highest BCUT2D eigenvalue weighted by Gasteiger charge is 2.11. The summed E-state index contributed by atoms with van der Waals surface area (Å²) >= 11 is 0. The summed E-state index contributed by atoms with van der Waals surface area (Å²) in [6.45, 7) is 2.48. The van der Waals surface area contributed by atoms with Gasteiger partial charge in [-0.1, -0.05) is 5.92 Å². The van der Waals surface area contributed by atoms with Crippen LogP contribution in [0.4, 0.5) is 0 Å². The van der Waals surface area contributed by atoms with E-state index in [0.717, 1.165) is 11.3 Å². The number of methoxy groups -OCH3 is 1. The van der Waals surface area contributed by atoms with E-state index in [9.17, 15) is 0 Å². The third kappa shape index (κ3) is 1.69. The molecule has 0 saturated carbocycles. The molecule has 0 spiro atoms. The molecule has 1 rings (SSSR count). The third-order valence-corrected chi connectivity index (χ3v) is 1.72. The van der Waals surface area contributed by atoms with E-state index in [4.69, 9.17) is 15.6 Å². The van der Waals surface area contributed by atoms with Crippen molar-refractivity contribution in [2.45, 2.75) is 19.4 Å². The van der Waals surface area contributed by atoms with Crippen LogP contribution in [0.2, 0.25) is 0 Å². The first kappa shape index (κ1) is 8.89. The molecule has 1 aromatic rings. The summed E-state index contributed by atoms with van der Waals surface area (Å²) in [5.74, 6) is 3.47. The van der Waals surface area contributed by atoms with Crippen LogP contribution in [0.15, 0.2) is 16.7 Å². The molecule has 0 bridgehead atoms. The number of terminal acetylenes is 1. The quantitative estimate of drug-likeness (QED) is 0.639. The van der Waals surface area contributed by atoms with E-state index >= 15 is 0 Å². The van der Waals surface area contributed by atoms with E-state index < -0.39 is 0 Å². The molecule has 2 heteroatoms. The second-order valence-corrected chi connectivity index (χ2v) is 2.63. The van der Waals surface area contributed by atoms with Crippen molar-refractivity contribution in [3.05, 3.63) is 23.7 Å². The van der Waals surface area contributed by atoms with Gasteiger partial charge in [0.25, 0.3) is 0 Å². The average Bonchev–Trinajstić information content (AvgIpc) is 2.52. The highest BCUT2D eigenvalue weighted by molar-refractivity contribution is 5.24. The lowest BCUT2D eigenvalue weighted by atomic mass is 10.1. The summed E-state index contributed by atoms with van der Waals surface area (Å²) in [7, 11) is 1.65. The van der Waals surface area contributed by atoms with E-state index in [0.29, 0.717) is 6.61 Å². The molecule has 0 aliphatic rings. The zero-order chi connectivity index (χ0) is 8.97. The number of rotatable bonds is 3. The lowest BCUT2D eigenvalue weighted by molar-refractivity contribution is 0.183. The Morgan fingerprint density at radius 2 is 2.50 bits per heavy atom. The van der Waals surface area contributed by atoms with Gasteiger partial charge in [0.1, 0.15) is 5.76 Å². The predicted molar refractivity (Wildman–Crippen MR) is 46.7 cm³/mol. The van der Waals surface area contributed by atoms with Crippen molar-refractivity contribution < 1.29 is 9.15 Å². The summed E-state index contributed by atoms with van der Waals surface area (Å²) < 4.78 is 10.2. The molecule has 0 aliphatic heterocycles. The van der Waals surface area contributed by atoms with Gasteiger partial charge in [0.2, 0.25) is 0 Å². The molecule has 0 radical (unpaired) electrons. The van der Waals surface area contributed by atoms with Gasteiger partial charge in [-0.25, -0.2) is 0 Å². The molecule has 12 heavy (non-hydrogen) atoms. The zero-order valence-corrected chi connectivity index (χ0v) is 7.33. The second-order valence-electron chi connectivity index (χ2n) is 2.63. The molecular formula is C10H12O2. The smallest absolute Gasteiger partial charge is 0.123 e. The molecule has 0 N–H and O–H groups in total. The van der Waals surface area contributed by atoms with Crippen LogP contribution in [0.3, 0.4) is 0 Å². The van der Waals surface area contributed by atoms with Crippen molar-refractivity contribution in [2.75, 3.05) is 7.11 Å². The minimum absolute atomic E-state index is 0.0187. The molecule has 0 aromatic carbocycles. The molecule has 0 amide bonds. The van der Waals surface area contributed by atoms with Gasteiger partial charge in [-0.2, -0.15) is 0 Å². The maximum Gasteiger partial charge on any atom is 0.123 e. The zero-order valence-electron chi connectivity index (χ0n) is 7.33. The Hall–Kier alpha value is -1.20. The van der Waals surface area contributed by atoms with Gasteiger partial charge in [-0.05, 0) is 13.0 Å². The molecule has 0 fully saturated rings. The van der Waals surface area contributed by atoms with Crippen molar-refractivity contribution in [3.8, 4) is 12.3 Å². The molecule has 1 aromatic heterocycles. The minimum Gasteiger partial charge on any atom is -0.468 e. The Kier molecular flexibility index (Phi) is 2.95. The lowest BCUT2D eigenvalue weighted by Crippen LogP contribution is -1.94. The fraction of sp³-hybridized carbons (Fsp3) is 0.400. The van der Waals surface area contributed by atoms with E-state index in [1.807, 2.05) is 13.0 Å². The Morgan fingerprint density at radius 1 is 1.75 bits per heavy atom. The highest BCUT2D eigenvalue weighted by atomic mass is 16.5. The lowest BCUT2D eigenvalue weighted by Gasteiger charge is -2.02. The number of hydrogen-bond acceptors (Lipinski definition) is 2. The van der Waals surface area contributed by atoms with E-state index in [-0.39, 0.29) is 5.92 Å². The van der Waals surface area contributed by atoms with Gasteiger partial charge in [-0.3, -0.25) is 0 Å². The van der Waals surface area contributed by atoms with Gasteiger partial charge < -0.3 is 9.15 Å². The standard InChI is InChI=1S/C10H12O2/c1-4-8(2)10-9(7-11-3)5-6-12-10/h1,5-6,8H,7H2,2-3H3. The van der Waals surface area contributed by atoms with Crippen LogP contribution >= 0.6 is 0 Å². The van der Waals surface area contributed by atoms with E-state index in [2.05, 4.69) is 5.92 Å². The number of furan rings is 1. The van der Waals surface area contributed by atoms with Crippen LogP contribution in [0.1, 0.15) is 24.2 Å². The molecule has 1 atom stereocenters. The van der Waals surface area contributed by atoms with Crippen LogP contribution in [-0.2, 0) is 11.3 Å². The SMILES string of the molecule is C#CC(C)c1occc1COC. The Labute approximate surface area is 72.5 Å². The maximum absolute atomic E-state index is 5.28. The van der Waals surface area contributed by atoms with Crippen molar-refractivity contribution >= 4 is 0 Å². The van der Waals surface area contributed by atoms with Crippen LogP contribution < -0.4 is 0 Å². The van der Waals surface area contributed by atoms with Crippen LogP contribution in [0.25, 0.3) is 0 Å². The van der Waals surface area contributed by atoms with Crippen molar-refractivity contribution in [1.82, 2.24) is 0 Å². The summed E-state index contributed by atoms with van der Waals surface area (Å²) in [5, 5.41) is 0. The Balaban J connectivity index is 2.85. The second kappa shape index (κ2) is 3.99. The first-order chi connectivity index (χ1) is 5.79. The van der Waals surface area contributed by atoms with Gasteiger partial charge in [-0.15, -0.1) is 6.42 Å². The normalized spacial score (nSPS) is 12.4. The first-order valence-corrected chi connectivity index (χ1v) is 3.81. The van der Waals surface area contributed by atoms with Gasteiger partial charge in [0.05, 0.1) is 18.8 Å². The summed E-state index contributed by atoms with van der Waals surface area (Å²) in [6.07, 6.45) is 6.91. The molecule has 1 heterocycles. The fourth-order valence-electron chi connectivity index (χ4n) is 1.08. The van der Waals surface area contributed by atoms with Gasteiger partial charge in [0.15, 0.2) is 0 Å². The Morgan fingerprint density at radius 3 is 3.08 bits per heavy atom. The predicted octanol–water partition coefficient (Wildman–Crippen LogP) is 2.16. The topological polar surface area (TPSA) is 22.4 Å². The fourth-order valence-corrected chi connectivity index (χ4v) is 1.08. The molecule has 0 aliphatic carbocycles. The van der Waals surface area contributed by atoms with Crippen LogP contribution in [0.5, 0.6) is 0 Å². The Bertz CT molecular complexity index is 280. The maximum atomic E-state index is 5.28. The third-order valence-electron chi connectivity index (χ3n) is 1.72. The number of hydrogen-bond donors (Lipinski definition) is 0. The largest absolute Gasteiger partial charge is 0.468 e. The molecule has 0 saturated heterocycles. The molecule has 2 nitrogen and oxygen atoms in total. The number of ether oxygens (including phenoxy) is 1. The summed E-state index contributed by atoms with van der Waals surface area (Å²) in [4.78, 5) is 0. The van der Waals surface area contributed by atoms with E-state index in [1.54, 1.807) is 13.4 Å². The van der Waals surface area contributed by atoms with Gasteiger partial charge >= 0.3 is 0 Å². The highest BCUT2D eigenvalue weighted by Crippen LogP contribution is 2.20. The van der Waals surface area contributed by atoms with Crippen molar-refractivity contribution in [3.63, 3.8) is 0 Å². The summed E-state index contributed by atoms with van der Waals surface area (Å²) in [5.41, 5.74) is 1.03. The first-order valence-electron chi connectivity index (χ1n) is 3.81. The average molecular weight is 164 g/mol. The van der Waals surface area contributed by atoms with Crippen molar-refractivity contribution in [2.24, 2.45) is 0 Å². The molecule has 64 valence electrons. The van der Waals surface area contributed by atoms with Crippen molar-refractivity contribution in [1.29, 1.82) is 0 Å². The summed E-state index contributed by atoms with van der Waals surface area (Å²) in [6, 6.07) is 1.88. The van der Waals surface area contributed by atoms with E-state index in [1.165, 1.54) is 0 Å². The van der Waals surface area contributed by atoms with Crippen LogP contribution in [0, 0.1) is 12.3 Å². The molecule has 1 unspecified atom stereocenters. The molecular weight excluding hydrogens is 152 g/mol.